The molecule has 0 aromatic heterocycles. The number of halogens is 1. The van der Waals surface area contributed by atoms with Crippen LogP contribution in [0.2, 0.25) is 0 Å². The summed E-state index contributed by atoms with van der Waals surface area (Å²) in [5.74, 6) is -1.03. The fourth-order valence-corrected chi connectivity index (χ4v) is 3.48. The normalized spacial score (nSPS) is 18.0. The predicted molar refractivity (Wildman–Crippen MR) is 88.4 cm³/mol. The third-order valence-corrected chi connectivity index (χ3v) is 4.74. The molecule has 1 fully saturated rings. The van der Waals surface area contributed by atoms with Crippen LogP contribution in [-0.4, -0.2) is 26.1 Å². The summed E-state index contributed by atoms with van der Waals surface area (Å²) in [5, 5.41) is 3.02. The Labute approximate surface area is 136 Å². The average molecular weight is 342 g/mol. The van der Waals surface area contributed by atoms with E-state index in [1.54, 1.807) is 0 Å². The van der Waals surface area contributed by atoms with E-state index in [4.69, 9.17) is 0 Å². The first-order valence-electron chi connectivity index (χ1n) is 7.78. The van der Waals surface area contributed by atoms with Gasteiger partial charge in [0.2, 0.25) is 10.0 Å². The van der Waals surface area contributed by atoms with Crippen molar-refractivity contribution in [3.05, 3.63) is 29.6 Å². The van der Waals surface area contributed by atoms with E-state index < -0.39 is 15.8 Å². The summed E-state index contributed by atoms with van der Waals surface area (Å²) < 4.78 is 38.3. The van der Waals surface area contributed by atoms with Crippen molar-refractivity contribution in [1.29, 1.82) is 0 Å². The number of amides is 1. The maximum Gasteiger partial charge on any atom is 0.251 e. The third-order valence-electron chi connectivity index (χ3n) is 4.15. The summed E-state index contributed by atoms with van der Waals surface area (Å²) in [4.78, 5) is 12.4. The Balaban J connectivity index is 2.17. The second kappa shape index (κ2) is 6.86. The standard InChI is InChI=1S/C16H23FN2O3S/c1-16(9-5-3-4-6-10-16)18-15(20)12-7-8-13(17)14(11-12)19-23(2,21)22/h7-8,11,19H,3-6,9-10H2,1-2H3,(H,18,20). The molecule has 2 rings (SSSR count). The lowest BCUT2D eigenvalue weighted by Gasteiger charge is -2.29. The minimum atomic E-state index is -3.61. The number of sulfonamides is 1. The molecule has 1 aliphatic carbocycles. The van der Waals surface area contributed by atoms with Crippen LogP contribution in [-0.2, 0) is 10.0 Å². The second-order valence-electron chi connectivity index (χ2n) is 6.50. The summed E-state index contributed by atoms with van der Waals surface area (Å²) >= 11 is 0. The minimum absolute atomic E-state index is 0.217. The van der Waals surface area contributed by atoms with Crippen LogP contribution in [0, 0.1) is 5.82 Å². The number of hydrogen-bond donors (Lipinski definition) is 2. The van der Waals surface area contributed by atoms with Gasteiger partial charge in [-0.3, -0.25) is 9.52 Å². The van der Waals surface area contributed by atoms with Gasteiger partial charge in [0.25, 0.3) is 5.91 Å². The van der Waals surface area contributed by atoms with Gasteiger partial charge in [0, 0.05) is 11.1 Å². The first-order chi connectivity index (χ1) is 10.7. The highest BCUT2D eigenvalue weighted by molar-refractivity contribution is 7.92. The molecule has 7 heteroatoms. The lowest BCUT2D eigenvalue weighted by atomic mass is 9.92. The van der Waals surface area contributed by atoms with E-state index in [-0.39, 0.29) is 22.7 Å². The Kier molecular flexibility index (Phi) is 5.29. The van der Waals surface area contributed by atoms with Crippen LogP contribution in [0.25, 0.3) is 0 Å². The molecular weight excluding hydrogens is 319 g/mol. The quantitative estimate of drug-likeness (QED) is 0.826. The van der Waals surface area contributed by atoms with Gasteiger partial charge < -0.3 is 5.32 Å². The number of benzene rings is 1. The van der Waals surface area contributed by atoms with Crippen LogP contribution >= 0.6 is 0 Å². The largest absolute Gasteiger partial charge is 0.347 e. The van der Waals surface area contributed by atoms with Gasteiger partial charge in [-0.2, -0.15) is 0 Å². The van der Waals surface area contributed by atoms with Gasteiger partial charge in [0.15, 0.2) is 0 Å². The molecule has 1 aliphatic rings. The molecule has 5 nitrogen and oxygen atoms in total. The summed E-state index contributed by atoms with van der Waals surface area (Å²) in [5.41, 5.74) is -0.249. The average Bonchev–Trinajstić information content (AvgIpc) is 2.64. The number of carbonyl (C=O) groups excluding carboxylic acids is 1. The SMILES string of the molecule is CC1(NC(=O)c2ccc(F)c(NS(C)(=O)=O)c2)CCCCCC1. The number of anilines is 1. The van der Waals surface area contributed by atoms with Crippen molar-refractivity contribution < 1.29 is 17.6 Å². The van der Waals surface area contributed by atoms with Gasteiger partial charge in [-0.1, -0.05) is 25.7 Å². The molecule has 128 valence electrons. The van der Waals surface area contributed by atoms with Crippen LogP contribution in [0.15, 0.2) is 18.2 Å². The molecule has 0 aliphatic heterocycles. The van der Waals surface area contributed by atoms with Gasteiger partial charge in [0.05, 0.1) is 11.9 Å². The zero-order valence-corrected chi connectivity index (χ0v) is 14.3. The van der Waals surface area contributed by atoms with E-state index in [0.717, 1.165) is 38.0 Å². The Morgan fingerprint density at radius 2 is 1.78 bits per heavy atom. The van der Waals surface area contributed by atoms with E-state index in [1.165, 1.54) is 25.0 Å². The number of carbonyl (C=O) groups is 1. The zero-order chi connectivity index (χ0) is 17.1. The van der Waals surface area contributed by atoms with E-state index >= 15 is 0 Å². The smallest absolute Gasteiger partial charge is 0.251 e. The molecule has 23 heavy (non-hydrogen) atoms. The molecule has 1 saturated carbocycles. The second-order valence-corrected chi connectivity index (χ2v) is 8.25. The predicted octanol–water partition coefficient (Wildman–Crippen LogP) is 3.04. The Morgan fingerprint density at radius 1 is 1.17 bits per heavy atom. The van der Waals surface area contributed by atoms with Crippen LogP contribution in [0.1, 0.15) is 55.8 Å². The highest BCUT2D eigenvalue weighted by atomic mass is 32.2. The van der Waals surface area contributed by atoms with Crippen molar-refractivity contribution in [2.24, 2.45) is 0 Å². The highest BCUT2D eigenvalue weighted by Crippen LogP contribution is 2.27. The molecule has 1 aromatic rings. The van der Waals surface area contributed by atoms with Crippen LogP contribution in [0.3, 0.4) is 0 Å². The fourth-order valence-electron chi connectivity index (χ4n) is 2.92. The number of nitrogens with one attached hydrogen (secondary N) is 2. The number of hydrogen-bond acceptors (Lipinski definition) is 3. The molecule has 0 bridgehead atoms. The van der Waals surface area contributed by atoms with E-state index in [1.807, 2.05) is 6.92 Å². The first kappa shape index (κ1) is 17.7. The maximum absolute atomic E-state index is 13.7. The first-order valence-corrected chi connectivity index (χ1v) is 9.68. The van der Waals surface area contributed by atoms with Gasteiger partial charge in [-0.15, -0.1) is 0 Å². The molecule has 0 unspecified atom stereocenters. The maximum atomic E-state index is 13.7. The number of rotatable bonds is 4. The molecule has 0 atom stereocenters. The van der Waals surface area contributed by atoms with Gasteiger partial charge in [-0.05, 0) is 38.0 Å². The fraction of sp³-hybridized carbons (Fsp3) is 0.562. The van der Waals surface area contributed by atoms with Crippen molar-refractivity contribution >= 4 is 21.6 Å². The third kappa shape index (κ3) is 5.20. The Morgan fingerprint density at radius 3 is 2.35 bits per heavy atom. The van der Waals surface area contributed by atoms with E-state index in [2.05, 4.69) is 10.0 Å². The van der Waals surface area contributed by atoms with Crippen molar-refractivity contribution in [2.45, 2.75) is 51.0 Å². The molecule has 0 saturated heterocycles. The lowest BCUT2D eigenvalue weighted by Crippen LogP contribution is -2.45. The molecule has 1 amide bonds. The van der Waals surface area contributed by atoms with Crippen molar-refractivity contribution in [3.63, 3.8) is 0 Å². The summed E-state index contributed by atoms with van der Waals surface area (Å²) in [6.45, 7) is 2.02. The van der Waals surface area contributed by atoms with Crippen molar-refractivity contribution in [2.75, 3.05) is 11.0 Å². The van der Waals surface area contributed by atoms with Crippen molar-refractivity contribution in [1.82, 2.24) is 5.32 Å². The molecular formula is C16H23FN2O3S. The highest BCUT2D eigenvalue weighted by Gasteiger charge is 2.28. The Bertz CT molecular complexity index is 681. The van der Waals surface area contributed by atoms with Crippen LogP contribution in [0.5, 0.6) is 0 Å². The van der Waals surface area contributed by atoms with Crippen LogP contribution in [0.4, 0.5) is 10.1 Å². The summed E-state index contributed by atoms with van der Waals surface area (Å²) in [6, 6.07) is 3.68. The molecule has 2 N–H and O–H groups in total. The van der Waals surface area contributed by atoms with Crippen molar-refractivity contribution in [3.8, 4) is 0 Å². The summed E-state index contributed by atoms with van der Waals surface area (Å²) in [6.07, 6.45) is 7.24. The Hall–Kier alpha value is -1.63. The molecule has 0 radical (unpaired) electrons. The molecule has 1 aromatic carbocycles. The van der Waals surface area contributed by atoms with Gasteiger partial charge in [0.1, 0.15) is 5.82 Å². The monoisotopic (exact) mass is 342 g/mol. The lowest BCUT2D eigenvalue weighted by molar-refractivity contribution is 0.0897. The van der Waals surface area contributed by atoms with Crippen LogP contribution < -0.4 is 10.0 Å². The zero-order valence-electron chi connectivity index (χ0n) is 13.5. The topological polar surface area (TPSA) is 75.3 Å². The van der Waals surface area contributed by atoms with Gasteiger partial charge >= 0.3 is 0 Å². The van der Waals surface area contributed by atoms with E-state index in [0.29, 0.717) is 0 Å². The summed E-state index contributed by atoms with van der Waals surface area (Å²) in [7, 11) is -3.61. The molecule has 0 heterocycles. The molecule has 0 spiro atoms. The minimum Gasteiger partial charge on any atom is -0.347 e. The van der Waals surface area contributed by atoms with Gasteiger partial charge in [-0.25, -0.2) is 12.8 Å². The van der Waals surface area contributed by atoms with E-state index in [9.17, 15) is 17.6 Å².